The topological polar surface area (TPSA) is 49.4 Å². The van der Waals surface area contributed by atoms with Gasteiger partial charge in [0.15, 0.2) is 0 Å². The van der Waals surface area contributed by atoms with E-state index >= 15 is 0 Å². The van der Waals surface area contributed by atoms with Gasteiger partial charge < -0.3 is 5.32 Å². The SMILES string of the molecule is CC(C)CCNC(=O)CC(C)CC(=O)N(c1ccccc1)c1ccccc1. The number of benzene rings is 2. The maximum absolute atomic E-state index is 13.0. The third kappa shape index (κ3) is 6.89. The number of hydrogen-bond donors (Lipinski definition) is 1. The molecule has 0 radical (unpaired) electrons. The summed E-state index contributed by atoms with van der Waals surface area (Å²) >= 11 is 0. The average molecular weight is 367 g/mol. The first-order valence-corrected chi connectivity index (χ1v) is 9.67. The van der Waals surface area contributed by atoms with Gasteiger partial charge in [-0.15, -0.1) is 0 Å². The summed E-state index contributed by atoms with van der Waals surface area (Å²) in [5.74, 6) is 0.554. The first-order valence-electron chi connectivity index (χ1n) is 9.67. The van der Waals surface area contributed by atoms with Crippen LogP contribution in [0.15, 0.2) is 60.7 Å². The van der Waals surface area contributed by atoms with Gasteiger partial charge in [-0.2, -0.15) is 0 Å². The van der Waals surface area contributed by atoms with Crippen LogP contribution in [0.25, 0.3) is 0 Å². The van der Waals surface area contributed by atoms with Crippen molar-refractivity contribution in [2.45, 2.75) is 40.0 Å². The predicted molar refractivity (Wildman–Crippen MR) is 111 cm³/mol. The van der Waals surface area contributed by atoms with Gasteiger partial charge in [0.25, 0.3) is 0 Å². The van der Waals surface area contributed by atoms with Crippen molar-refractivity contribution in [1.82, 2.24) is 5.32 Å². The zero-order valence-corrected chi connectivity index (χ0v) is 16.5. The minimum absolute atomic E-state index is 0.00474. The van der Waals surface area contributed by atoms with E-state index in [1.165, 1.54) is 0 Å². The highest BCUT2D eigenvalue weighted by Crippen LogP contribution is 2.27. The third-order valence-electron chi connectivity index (χ3n) is 4.38. The molecule has 2 aromatic rings. The van der Waals surface area contributed by atoms with E-state index in [0.717, 1.165) is 17.8 Å². The van der Waals surface area contributed by atoms with Gasteiger partial charge in [-0.1, -0.05) is 57.2 Å². The second-order valence-electron chi connectivity index (χ2n) is 7.45. The lowest BCUT2D eigenvalue weighted by atomic mass is 10.0. The summed E-state index contributed by atoms with van der Waals surface area (Å²) < 4.78 is 0. The fourth-order valence-corrected chi connectivity index (χ4v) is 2.94. The lowest BCUT2D eigenvalue weighted by Crippen LogP contribution is -2.30. The molecule has 2 amide bonds. The summed E-state index contributed by atoms with van der Waals surface area (Å²) in [5.41, 5.74) is 1.67. The van der Waals surface area contributed by atoms with Gasteiger partial charge in [0, 0.05) is 30.8 Å². The first kappa shape index (κ1) is 20.7. The van der Waals surface area contributed by atoms with Crippen LogP contribution in [-0.4, -0.2) is 18.4 Å². The molecular weight excluding hydrogens is 336 g/mol. The van der Waals surface area contributed by atoms with Crippen LogP contribution in [-0.2, 0) is 9.59 Å². The Kier molecular flexibility index (Phi) is 8.05. The van der Waals surface area contributed by atoms with E-state index in [2.05, 4.69) is 19.2 Å². The summed E-state index contributed by atoms with van der Waals surface area (Å²) in [4.78, 5) is 26.9. The highest BCUT2D eigenvalue weighted by atomic mass is 16.2. The molecule has 1 unspecified atom stereocenters. The lowest BCUT2D eigenvalue weighted by molar-refractivity contribution is -0.122. The normalized spacial score (nSPS) is 11.9. The van der Waals surface area contributed by atoms with Crippen LogP contribution in [0.1, 0.15) is 40.0 Å². The van der Waals surface area contributed by atoms with Crippen LogP contribution < -0.4 is 10.2 Å². The number of amides is 2. The summed E-state index contributed by atoms with van der Waals surface area (Å²) in [6.45, 7) is 6.91. The number of anilines is 2. The third-order valence-corrected chi connectivity index (χ3v) is 4.38. The number of rotatable bonds is 9. The van der Waals surface area contributed by atoms with Crippen LogP contribution in [0.4, 0.5) is 11.4 Å². The smallest absolute Gasteiger partial charge is 0.231 e. The molecule has 2 rings (SSSR count). The Balaban J connectivity index is 2.00. The summed E-state index contributed by atoms with van der Waals surface area (Å²) in [6, 6.07) is 19.2. The second kappa shape index (κ2) is 10.5. The van der Waals surface area contributed by atoms with Crippen LogP contribution in [0.3, 0.4) is 0 Å². The van der Waals surface area contributed by atoms with Crippen molar-refractivity contribution in [2.24, 2.45) is 11.8 Å². The van der Waals surface area contributed by atoms with Crippen molar-refractivity contribution in [3.63, 3.8) is 0 Å². The summed E-state index contributed by atoms with van der Waals surface area (Å²) in [7, 11) is 0. The monoisotopic (exact) mass is 366 g/mol. The minimum Gasteiger partial charge on any atom is -0.356 e. The standard InChI is InChI=1S/C23H30N2O2/c1-18(2)14-15-24-22(26)16-19(3)17-23(27)25(20-10-6-4-7-11-20)21-12-8-5-9-13-21/h4-13,18-19H,14-17H2,1-3H3,(H,24,26). The Morgan fingerprint density at radius 3 is 1.85 bits per heavy atom. The number of para-hydroxylation sites is 2. The molecule has 4 nitrogen and oxygen atoms in total. The van der Waals surface area contributed by atoms with Gasteiger partial charge in [-0.25, -0.2) is 0 Å². The molecule has 0 saturated carbocycles. The van der Waals surface area contributed by atoms with Crippen LogP contribution in [0, 0.1) is 11.8 Å². The molecule has 0 aliphatic carbocycles. The molecule has 144 valence electrons. The van der Waals surface area contributed by atoms with Crippen LogP contribution in [0.2, 0.25) is 0 Å². The van der Waals surface area contributed by atoms with E-state index in [-0.39, 0.29) is 17.7 Å². The number of nitrogens with zero attached hydrogens (tertiary/aromatic N) is 1. The molecule has 0 aliphatic rings. The van der Waals surface area contributed by atoms with Gasteiger partial charge in [0.1, 0.15) is 0 Å². The molecule has 4 heteroatoms. The van der Waals surface area contributed by atoms with Crippen molar-refractivity contribution in [3.05, 3.63) is 60.7 Å². The van der Waals surface area contributed by atoms with Gasteiger partial charge in [0.05, 0.1) is 0 Å². The number of hydrogen-bond acceptors (Lipinski definition) is 2. The number of carbonyl (C=O) groups is 2. The highest BCUT2D eigenvalue weighted by Gasteiger charge is 2.21. The second-order valence-corrected chi connectivity index (χ2v) is 7.45. The Bertz CT molecular complexity index is 674. The maximum atomic E-state index is 13.0. The van der Waals surface area contributed by atoms with Crippen molar-refractivity contribution in [2.75, 3.05) is 11.4 Å². The highest BCUT2D eigenvalue weighted by molar-refractivity contribution is 6.00. The molecule has 1 atom stereocenters. The molecule has 1 N–H and O–H groups in total. The Morgan fingerprint density at radius 1 is 0.852 bits per heavy atom. The van der Waals surface area contributed by atoms with E-state index in [9.17, 15) is 9.59 Å². The van der Waals surface area contributed by atoms with E-state index in [4.69, 9.17) is 0 Å². The minimum atomic E-state index is -0.0218. The molecule has 0 heterocycles. The average Bonchev–Trinajstić information content (AvgIpc) is 2.63. The fraction of sp³-hybridized carbons (Fsp3) is 0.391. The van der Waals surface area contributed by atoms with E-state index < -0.39 is 0 Å². The molecule has 0 aromatic heterocycles. The molecule has 27 heavy (non-hydrogen) atoms. The predicted octanol–water partition coefficient (Wildman–Crippen LogP) is 4.93. The van der Waals surface area contributed by atoms with Gasteiger partial charge in [-0.05, 0) is 42.5 Å². The van der Waals surface area contributed by atoms with Crippen molar-refractivity contribution in [1.29, 1.82) is 0 Å². The van der Waals surface area contributed by atoms with E-state index in [1.807, 2.05) is 67.6 Å². The molecule has 0 saturated heterocycles. The Labute approximate surface area is 162 Å². The van der Waals surface area contributed by atoms with Gasteiger partial charge in [0.2, 0.25) is 11.8 Å². The van der Waals surface area contributed by atoms with Gasteiger partial charge in [-0.3, -0.25) is 14.5 Å². The molecule has 0 spiro atoms. The largest absolute Gasteiger partial charge is 0.356 e. The maximum Gasteiger partial charge on any atom is 0.231 e. The van der Waals surface area contributed by atoms with Crippen molar-refractivity contribution >= 4 is 23.2 Å². The molecule has 0 fully saturated rings. The molecule has 0 bridgehead atoms. The van der Waals surface area contributed by atoms with Gasteiger partial charge >= 0.3 is 0 Å². The summed E-state index contributed by atoms with van der Waals surface area (Å²) in [5, 5.41) is 2.95. The Morgan fingerprint density at radius 2 is 1.37 bits per heavy atom. The van der Waals surface area contributed by atoms with E-state index in [0.29, 0.717) is 25.3 Å². The number of nitrogens with one attached hydrogen (secondary N) is 1. The molecular formula is C23H30N2O2. The van der Waals surface area contributed by atoms with Crippen LogP contribution in [0.5, 0.6) is 0 Å². The van der Waals surface area contributed by atoms with E-state index in [1.54, 1.807) is 4.90 Å². The molecule has 2 aromatic carbocycles. The summed E-state index contributed by atoms with van der Waals surface area (Å²) in [6.07, 6.45) is 1.65. The first-order chi connectivity index (χ1) is 13.0. The van der Waals surface area contributed by atoms with Crippen molar-refractivity contribution in [3.8, 4) is 0 Å². The fourth-order valence-electron chi connectivity index (χ4n) is 2.94. The zero-order valence-electron chi connectivity index (χ0n) is 16.5. The quantitative estimate of drug-likeness (QED) is 0.684. The van der Waals surface area contributed by atoms with Crippen LogP contribution >= 0.6 is 0 Å². The Hall–Kier alpha value is -2.62. The lowest BCUT2D eigenvalue weighted by Gasteiger charge is -2.24. The molecule has 0 aliphatic heterocycles. The zero-order chi connectivity index (χ0) is 19.6. The van der Waals surface area contributed by atoms with Crippen molar-refractivity contribution < 1.29 is 9.59 Å². The number of carbonyl (C=O) groups excluding carboxylic acids is 2.